The number of carbonyl (C=O) groups excluding carboxylic acids is 1. The van der Waals surface area contributed by atoms with E-state index in [0.29, 0.717) is 18.2 Å². The van der Waals surface area contributed by atoms with Crippen molar-refractivity contribution in [3.8, 4) is 0 Å². The number of carbonyl (C=O) groups is 1. The number of esters is 1. The van der Waals surface area contributed by atoms with Crippen molar-refractivity contribution in [2.75, 3.05) is 57.8 Å². The lowest BCUT2D eigenvalue weighted by Crippen LogP contribution is -2.52. The molecule has 30 heavy (non-hydrogen) atoms. The molecule has 0 bridgehead atoms. The number of ether oxygens (including phenoxy) is 1. The third-order valence-electron chi connectivity index (χ3n) is 6.57. The average molecular weight is 415 g/mol. The van der Waals surface area contributed by atoms with Crippen LogP contribution in [-0.2, 0) is 11.8 Å². The summed E-state index contributed by atoms with van der Waals surface area (Å²) in [5, 5.41) is 5.51. The predicted molar refractivity (Wildman–Crippen MR) is 118 cm³/mol. The molecular formula is C22H34N6O2. The zero-order chi connectivity index (χ0) is 21.3. The fraction of sp³-hybridized carbons (Fsp3) is 0.682. The summed E-state index contributed by atoms with van der Waals surface area (Å²) in [7, 11) is 4.15. The Morgan fingerprint density at radius 2 is 1.93 bits per heavy atom. The van der Waals surface area contributed by atoms with Crippen LogP contribution in [0.5, 0.6) is 0 Å². The summed E-state index contributed by atoms with van der Waals surface area (Å²) >= 11 is 0. The molecule has 8 heteroatoms. The van der Waals surface area contributed by atoms with Gasteiger partial charge in [0.1, 0.15) is 5.56 Å². The molecule has 4 rings (SSSR count). The van der Waals surface area contributed by atoms with Crippen LogP contribution in [0.1, 0.15) is 42.2 Å². The lowest BCUT2D eigenvalue weighted by atomic mass is 10.0. The number of hydrogen-bond acceptors (Lipinski definition) is 7. The van der Waals surface area contributed by atoms with Crippen LogP contribution in [0.2, 0.25) is 0 Å². The molecule has 164 valence electrons. The number of likely N-dealkylation sites (N-methyl/N-ethyl adjacent to an activating group) is 1. The van der Waals surface area contributed by atoms with Crippen LogP contribution in [0.4, 0.5) is 5.69 Å². The van der Waals surface area contributed by atoms with Gasteiger partial charge in [0.15, 0.2) is 5.65 Å². The van der Waals surface area contributed by atoms with Crippen molar-refractivity contribution < 1.29 is 9.53 Å². The molecule has 4 heterocycles. The molecule has 0 N–H and O–H groups in total. The SMILES string of the molecule is CCOC(=O)c1cnc2c(c(C)nn2C)c1N1CCN(CC2CCCCN2C)CC1. The quantitative estimate of drug-likeness (QED) is 0.694. The van der Waals surface area contributed by atoms with Gasteiger partial charge in [-0.15, -0.1) is 0 Å². The second-order valence-corrected chi connectivity index (χ2v) is 8.57. The first kappa shape index (κ1) is 21.1. The number of hydrogen-bond donors (Lipinski definition) is 0. The summed E-state index contributed by atoms with van der Waals surface area (Å²) in [6.07, 6.45) is 5.61. The minimum Gasteiger partial charge on any atom is -0.462 e. The molecule has 2 fully saturated rings. The van der Waals surface area contributed by atoms with E-state index in [1.54, 1.807) is 10.9 Å². The van der Waals surface area contributed by atoms with Crippen molar-refractivity contribution in [3.05, 3.63) is 17.5 Å². The van der Waals surface area contributed by atoms with Crippen molar-refractivity contribution in [2.45, 2.75) is 39.2 Å². The first-order chi connectivity index (χ1) is 14.5. The number of fused-ring (bicyclic) bond motifs is 1. The van der Waals surface area contributed by atoms with E-state index in [9.17, 15) is 4.79 Å². The fourth-order valence-electron chi connectivity index (χ4n) is 4.91. The number of likely N-dealkylation sites (tertiary alicyclic amines) is 1. The number of aromatic nitrogens is 3. The van der Waals surface area contributed by atoms with Crippen LogP contribution in [0.3, 0.4) is 0 Å². The number of pyridine rings is 1. The van der Waals surface area contributed by atoms with Gasteiger partial charge in [-0.05, 0) is 40.3 Å². The molecule has 2 aliphatic rings. The summed E-state index contributed by atoms with van der Waals surface area (Å²) in [6.45, 7) is 10.3. The van der Waals surface area contributed by atoms with Crippen molar-refractivity contribution in [1.29, 1.82) is 0 Å². The van der Waals surface area contributed by atoms with Crippen molar-refractivity contribution in [2.24, 2.45) is 7.05 Å². The lowest BCUT2D eigenvalue weighted by molar-refractivity contribution is 0.0526. The van der Waals surface area contributed by atoms with Crippen LogP contribution in [0.15, 0.2) is 6.20 Å². The van der Waals surface area contributed by atoms with Gasteiger partial charge in [0.25, 0.3) is 0 Å². The molecule has 0 spiro atoms. The molecular weight excluding hydrogens is 380 g/mol. The molecule has 0 amide bonds. The van der Waals surface area contributed by atoms with E-state index in [-0.39, 0.29) is 5.97 Å². The lowest BCUT2D eigenvalue weighted by Gasteiger charge is -2.41. The first-order valence-electron chi connectivity index (χ1n) is 11.2. The Balaban J connectivity index is 1.57. The van der Waals surface area contributed by atoms with Gasteiger partial charge in [-0.25, -0.2) is 9.78 Å². The minimum atomic E-state index is -0.309. The topological polar surface area (TPSA) is 66.7 Å². The highest BCUT2D eigenvalue weighted by molar-refractivity contribution is 6.05. The molecule has 0 aromatic carbocycles. The number of anilines is 1. The second kappa shape index (κ2) is 8.89. The maximum atomic E-state index is 12.7. The Morgan fingerprint density at radius 3 is 2.63 bits per heavy atom. The molecule has 1 atom stereocenters. The molecule has 8 nitrogen and oxygen atoms in total. The largest absolute Gasteiger partial charge is 0.462 e. The van der Waals surface area contributed by atoms with E-state index in [1.807, 2.05) is 20.9 Å². The highest BCUT2D eigenvalue weighted by Gasteiger charge is 2.29. The zero-order valence-corrected chi connectivity index (χ0v) is 18.7. The van der Waals surface area contributed by atoms with E-state index < -0.39 is 0 Å². The standard InChI is InChI=1S/C22H34N6O2/c1-5-30-22(29)18-14-23-21-19(16(2)24-26(21)4)20(18)28-12-10-27(11-13-28)15-17-8-6-7-9-25(17)3/h14,17H,5-13,15H2,1-4H3. The summed E-state index contributed by atoms with van der Waals surface area (Å²) < 4.78 is 7.13. The van der Waals surface area contributed by atoms with Gasteiger partial charge >= 0.3 is 5.97 Å². The summed E-state index contributed by atoms with van der Waals surface area (Å²) in [6, 6.07) is 0.661. The molecule has 0 radical (unpaired) electrons. The Morgan fingerprint density at radius 1 is 1.17 bits per heavy atom. The second-order valence-electron chi connectivity index (χ2n) is 8.57. The summed E-state index contributed by atoms with van der Waals surface area (Å²) in [4.78, 5) is 24.6. The third kappa shape index (κ3) is 4.03. The smallest absolute Gasteiger partial charge is 0.341 e. The first-order valence-corrected chi connectivity index (χ1v) is 11.2. The number of piperazine rings is 1. The van der Waals surface area contributed by atoms with Crippen LogP contribution in [-0.4, -0.2) is 89.5 Å². The Bertz CT molecular complexity index is 903. The van der Waals surface area contributed by atoms with E-state index in [4.69, 9.17) is 4.74 Å². The van der Waals surface area contributed by atoms with E-state index in [0.717, 1.165) is 55.1 Å². The molecule has 0 saturated carbocycles. The number of piperidine rings is 1. The zero-order valence-electron chi connectivity index (χ0n) is 18.7. The van der Waals surface area contributed by atoms with Crippen LogP contribution < -0.4 is 4.90 Å². The number of aryl methyl sites for hydroxylation is 2. The van der Waals surface area contributed by atoms with Gasteiger partial charge in [-0.1, -0.05) is 6.42 Å². The van der Waals surface area contributed by atoms with Crippen molar-refractivity contribution in [3.63, 3.8) is 0 Å². The van der Waals surface area contributed by atoms with Gasteiger partial charge in [0, 0.05) is 52.0 Å². The van der Waals surface area contributed by atoms with Crippen molar-refractivity contribution in [1.82, 2.24) is 24.6 Å². The molecule has 0 aliphatic carbocycles. The molecule has 2 saturated heterocycles. The maximum Gasteiger partial charge on any atom is 0.341 e. The van der Waals surface area contributed by atoms with Crippen LogP contribution >= 0.6 is 0 Å². The highest BCUT2D eigenvalue weighted by Crippen LogP contribution is 2.33. The van der Waals surface area contributed by atoms with Gasteiger partial charge in [-0.2, -0.15) is 5.10 Å². The Kier molecular flexibility index (Phi) is 6.24. The average Bonchev–Trinajstić information content (AvgIpc) is 3.03. The fourth-order valence-corrected chi connectivity index (χ4v) is 4.91. The normalized spacial score (nSPS) is 21.3. The molecule has 2 aliphatic heterocycles. The van der Waals surface area contributed by atoms with Gasteiger partial charge in [-0.3, -0.25) is 9.58 Å². The maximum absolute atomic E-state index is 12.7. The highest BCUT2D eigenvalue weighted by atomic mass is 16.5. The van der Waals surface area contributed by atoms with E-state index >= 15 is 0 Å². The van der Waals surface area contributed by atoms with E-state index in [2.05, 4.69) is 31.8 Å². The van der Waals surface area contributed by atoms with E-state index in [1.165, 1.54) is 25.8 Å². The number of nitrogens with zero attached hydrogens (tertiary/aromatic N) is 6. The molecule has 1 unspecified atom stereocenters. The van der Waals surface area contributed by atoms with Crippen LogP contribution in [0.25, 0.3) is 11.0 Å². The van der Waals surface area contributed by atoms with Crippen LogP contribution in [0, 0.1) is 6.92 Å². The number of rotatable bonds is 5. The Hall–Kier alpha value is -2.19. The van der Waals surface area contributed by atoms with Gasteiger partial charge in [0.2, 0.25) is 0 Å². The Labute approximate surface area is 178 Å². The predicted octanol–water partition coefficient (Wildman–Crippen LogP) is 2.06. The third-order valence-corrected chi connectivity index (χ3v) is 6.57. The van der Waals surface area contributed by atoms with Gasteiger partial charge in [0.05, 0.1) is 23.4 Å². The minimum absolute atomic E-state index is 0.309. The summed E-state index contributed by atoms with van der Waals surface area (Å²) in [5.41, 5.74) is 3.17. The van der Waals surface area contributed by atoms with Gasteiger partial charge < -0.3 is 14.5 Å². The molecule has 2 aromatic rings. The monoisotopic (exact) mass is 414 g/mol. The molecule has 2 aromatic heterocycles. The van der Waals surface area contributed by atoms with Crippen molar-refractivity contribution >= 4 is 22.7 Å². The summed E-state index contributed by atoms with van der Waals surface area (Å²) in [5.74, 6) is -0.309.